The van der Waals surface area contributed by atoms with E-state index in [-0.39, 0.29) is 10.3 Å². The molecule has 0 aliphatic rings. The minimum absolute atomic E-state index is 0.0904. The smallest absolute Gasteiger partial charge is 0.232 e. The van der Waals surface area contributed by atoms with Crippen molar-refractivity contribution in [3.63, 3.8) is 0 Å². The number of fused-ring (bicyclic) bond motifs is 1. The van der Waals surface area contributed by atoms with Gasteiger partial charge >= 0.3 is 0 Å². The van der Waals surface area contributed by atoms with Crippen LogP contribution in [0.25, 0.3) is 10.2 Å². The Morgan fingerprint density at radius 1 is 1.20 bits per heavy atom. The molecule has 102 valence electrons. The van der Waals surface area contributed by atoms with E-state index in [2.05, 4.69) is 9.97 Å². The van der Waals surface area contributed by atoms with Gasteiger partial charge in [0.2, 0.25) is 11.2 Å². The van der Waals surface area contributed by atoms with Gasteiger partial charge in [0.1, 0.15) is 16.4 Å². The fourth-order valence-electron chi connectivity index (χ4n) is 1.73. The molecule has 0 saturated carbocycles. The van der Waals surface area contributed by atoms with Crippen LogP contribution in [0.15, 0.2) is 24.3 Å². The van der Waals surface area contributed by atoms with Crippen LogP contribution < -0.4 is 4.74 Å². The highest BCUT2D eigenvalue weighted by Crippen LogP contribution is 2.35. The summed E-state index contributed by atoms with van der Waals surface area (Å²) >= 11 is 13.3. The molecule has 0 spiro atoms. The Morgan fingerprint density at radius 2 is 2.00 bits per heavy atom. The molecule has 7 heteroatoms. The van der Waals surface area contributed by atoms with Gasteiger partial charge in [-0.2, -0.15) is 4.98 Å². The largest absolute Gasteiger partial charge is 0.437 e. The van der Waals surface area contributed by atoms with Crippen molar-refractivity contribution in [1.29, 1.82) is 0 Å². The van der Waals surface area contributed by atoms with Gasteiger partial charge in [0.15, 0.2) is 0 Å². The van der Waals surface area contributed by atoms with E-state index in [1.54, 1.807) is 0 Å². The van der Waals surface area contributed by atoms with E-state index in [1.165, 1.54) is 29.5 Å². The van der Waals surface area contributed by atoms with Crippen molar-refractivity contribution >= 4 is 44.8 Å². The molecule has 20 heavy (non-hydrogen) atoms. The van der Waals surface area contributed by atoms with Gasteiger partial charge < -0.3 is 4.74 Å². The van der Waals surface area contributed by atoms with Crippen molar-refractivity contribution in [2.24, 2.45) is 0 Å². The van der Waals surface area contributed by atoms with Crippen LogP contribution in [0.4, 0.5) is 4.39 Å². The average molecular weight is 329 g/mol. The first kappa shape index (κ1) is 13.5. The lowest BCUT2D eigenvalue weighted by molar-refractivity contribution is 0.467. The number of hydrogen-bond acceptors (Lipinski definition) is 4. The van der Waals surface area contributed by atoms with Gasteiger partial charge in [0.25, 0.3) is 0 Å². The minimum Gasteiger partial charge on any atom is -0.437 e. The molecule has 2 heterocycles. The van der Waals surface area contributed by atoms with Crippen LogP contribution in [-0.4, -0.2) is 9.97 Å². The van der Waals surface area contributed by atoms with Crippen LogP contribution in [0.2, 0.25) is 10.3 Å². The highest BCUT2D eigenvalue weighted by atomic mass is 35.5. The van der Waals surface area contributed by atoms with Gasteiger partial charge in [0, 0.05) is 4.88 Å². The van der Waals surface area contributed by atoms with E-state index < -0.39 is 5.82 Å². The van der Waals surface area contributed by atoms with Crippen LogP contribution in [0, 0.1) is 12.7 Å². The summed E-state index contributed by atoms with van der Waals surface area (Å²) in [5.74, 6) is 0.186. The zero-order chi connectivity index (χ0) is 14.3. The summed E-state index contributed by atoms with van der Waals surface area (Å²) in [5.41, 5.74) is 0. The molecule has 3 aromatic rings. The number of benzene rings is 1. The Balaban J connectivity index is 2.10. The maximum Gasteiger partial charge on any atom is 0.232 e. The van der Waals surface area contributed by atoms with E-state index in [4.69, 9.17) is 27.9 Å². The molecule has 0 radical (unpaired) electrons. The number of ether oxygens (including phenoxy) is 1. The minimum atomic E-state index is -0.431. The van der Waals surface area contributed by atoms with Crippen LogP contribution in [0.3, 0.4) is 0 Å². The second-order valence-electron chi connectivity index (χ2n) is 4.05. The molecule has 0 N–H and O–H groups in total. The maximum atomic E-state index is 13.0. The van der Waals surface area contributed by atoms with Gasteiger partial charge in [-0.25, -0.2) is 9.37 Å². The Hall–Kier alpha value is -1.43. The molecule has 0 aliphatic carbocycles. The van der Waals surface area contributed by atoms with Gasteiger partial charge in [-0.15, -0.1) is 11.3 Å². The second-order valence-corrected chi connectivity index (χ2v) is 6.03. The Bertz CT molecular complexity index is 806. The quantitative estimate of drug-likeness (QED) is 0.603. The lowest BCUT2D eigenvalue weighted by atomic mass is 10.3. The van der Waals surface area contributed by atoms with Crippen molar-refractivity contribution in [3.05, 3.63) is 45.3 Å². The lowest BCUT2D eigenvalue weighted by Gasteiger charge is -2.07. The third kappa shape index (κ3) is 2.57. The summed E-state index contributed by atoms with van der Waals surface area (Å²) in [6, 6.07) is 5.79. The second kappa shape index (κ2) is 5.16. The third-order valence-electron chi connectivity index (χ3n) is 2.55. The van der Waals surface area contributed by atoms with Gasteiger partial charge in [0.05, 0.1) is 10.4 Å². The fraction of sp³-hybridized carbons (Fsp3) is 0.0769. The Labute approximate surface area is 128 Å². The first-order valence-electron chi connectivity index (χ1n) is 5.59. The molecule has 2 aromatic heterocycles. The van der Waals surface area contributed by atoms with Crippen molar-refractivity contribution in [3.8, 4) is 11.6 Å². The maximum absolute atomic E-state index is 13.0. The van der Waals surface area contributed by atoms with E-state index >= 15 is 0 Å². The molecule has 0 amide bonds. The summed E-state index contributed by atoms with van der Waals surface area (Å²) in [6.45, 7) is 1.95. The molecule has 0 fully saturated rings. The first-order chi connectivity index (χ1) is 9.52. The molecule has 0 aliphatic heterocycles. The number of halogens is 3. The molecular formula is C13H7Cl2FN2OS. The number of aryl methyl sites for hydroxylation is 1. The summed E-state index contributed by atoms with van der Waals surface area (Å²) < 4.78 is 18.7. The van der Waals surface area contributed by atoms with Crippen LogP contribution in [-0.2, 0) is 0 Å². The van der Waals surface area contributed by atoms with Gasteiger partial charge in [-0.05, 0) is 42.8 Å². The zero-order valence-electron chi connectivity index (χ0n) is 10.2. The Morgan fingerprint density at radius 3 is 2.75 bits per heavy atom. The van der Waals surface area contributed by atoms with Crippen LogP contribution in [0.5, 0.6) is 11.6 Å². The molecular weight excluding hydrogens is 322 g/mol. The summed E-state index contributed by atoms with van der Waals surface area (Å²) in [6.07, 6.45) is 0. The molecule has 1 aromatic carbocycles. The van der Waals surface area contributed by atoms with E-state index in [0.717, 1.165) is 15.1 Å². The summed E-state index contributed by atoms with van der Waals surface area (Å²) in [5, 5.41) is 1.00. The van der Waals surface area contributed by atoms with E-state index in [1.807, 2.05) is 13.0 Å². The molecule has 0 saturated heterocycles. The lowest BCUT2D eigenvalue weighted by Crippen LogP contribution is -1.92. The average Bonchev–Trinajstić information content (AvgIpc) is 2.73. The highest BCUT2D eigenvalue weighted by molar-refractivity contribution is 7.18. The molecule has 0 bridgehead atoms. The number of hydrogen-bond donors (Lipinski definition) is 0. The number of nitrogens with zero attached hydrogens (tertiary/aromatic N) is 2. The van der Waals surface area contributed by atoms with E-state index in [0.29, 0.717) is 11.6 Å². The molecule has 3 nitrogen and oxygen atoms in total. The Kier molecular flexibility index (Phi) is 3.50. The third-order valence-corrected chi connectivity index (χ3v) is 3.96. The SMILES string of the molecule is Cc1cc2c(Oc3ccc(F)cc3Cl)nc(Cl)nc2s1. The van der Waals surface area contributed by atoms with Crippen molar-refractivity contribution in [2.45, 2.75) is 6.92 Å². The van der Waals surface area contributed by atoms with E-state index in [9.17, 15) is 4.39 Å². The monoisotopic (exact) mass is 328 g/mol. The number of aromatic nitrogens is 2. The fourth-order valence-corrected chi connectivity index (χ4v) is 3.02. The van der Waals surface area contributed by atoms with Gasteiger partial charge in [-0.3, -0.25) is 0 Å². The molecule has 0 atom stereocenters. The standard InChI is InChI=1S/C13H7Cl2FN2OS/c1-6-4-8-11(17-13(15)18-12(8)20-6)19-10-3-2-7(16)5-9(10)14/h2-5H,1H3. The summed E-state index contributed by atoms with van der Waals surface area (Å²) in [4.78, 5) is 9.99. The van der Waals surface area contributed by atoms with Crippen LogP contribution >= 0.6 is 34.5 Å². The summed E-state index contributed by atoms with van der Waals surface area (Å²) in [7, 11) is 0. The predicted molar refractivity (Wildman–Crippen MR) is 78.6 cm³/mol. The molecule has 0 unspecified atom stereocenters. The van der Waals surface area contributed by atoms with Crippen molar-refractivity contribution in [1.82, 2.24) is 9.97 Å². The molecule has 3 rings (SSSR count). The number of rotatable bonds is 2. The number of thiophene rings is 1. The first-order valence-corrected chi connectivity index (χ1v) is 7.17. The normalized spacial score (nSPS) is 11.0. The topological polar surface area (TPSA) is 35.0 Å². The zero-order valence-corrected chi connectivity index (χ0v) is 12.5. The van der Waals surface area contributed by atoms with Crippen LogP contribution in [0.1, 0.15) is 4.88 Å². The van der Waals surface area contributed by atoms with Gasteiger partial charge in [-0.1, -0.05) is 11.6 Å². The highest BCUT2D eigenvalue weighted by Gasteiger charge is 2.13. The van der Waals surface area contributed by atoms with Crippen molar-refractivity contribution < 1.29 is 9.13 Å². The predicted octanol–water partition coefficient (Wildman–Crippen LogP) is 5.24. The van der Waals surface area contributed by atoms with Crippen molar-refractivity contribution in [2.75, 3.05) is 0 Å².